The summed E-state index contributed by atoms with van der Waals surface area (Å²) in [6, 6.07) is 16.1. The second-order valence-electron chi connectivity index (χ2n) is 6.70. The van der Waals surface area contributed by atoms with Crippen LogP contribution in [0.3, 0.4) is 0 Å². The van der Waals surface area contributed by atoms with Crippen molar-refractivity contribution in [1.29, 1.82) is 0 Å². The largest absolute Gasteiger partial charge is 0.467 e. The molecule has 2 aromatic heterocycles. The van der Waals surface area contributed by atoms with E-state index in [1.165, 1.54) is 16.3 Å². The number of halogens is 1. The lowest BCUT2D eigenvalue weighted by Gasteiger charge is -2.12. The van der Waals surface area contributed by atoms with Gasteiger partial charge in [0, 0.05) is 0 Å². The average Bonchev–Trinajstić information content (AvgIpc) is 3.24. The molecule has 2 heterocycles. The van der Waals surface area contributed by atoms with Crippen molar-refractivity contribution < 1.29 is 9.21 Å². The van der Waals surface area contributed by atoms with E-state index in [0.29, 0.717) is 32.5 Å². The Morgan fingerprint density at radius 2 is 2.03 bits per heavy atom. The van der Waals surface area contributed by atoms with Crippen LogP contribution in [0.1, 0.15) is 11.3 Å². The fourth-order valence-electron chi connectivity index (χ4n) is 2.99. The Kier molecular flexibility index (Phi) is 5.92. The monoisotopic (exact) mass is 439 g/mol. The van der Waals surface area contributed by atoms with Gasteiger partial charge in [0.25, 0.3) is 5.56 Å². The van der Waals surface area contributed by atoms with Crippen molar-refractivity contribution in [2.45, 2.75) is 18.6 Å². The number of nitrogens with one attached hydrogen (secondary N) is 1. The molecule has 30 heavy (non-hydrogen) atoms. The molecule has 0 saturated heterocycles. The van der Waals surface area contributed by atoms with E-state index < -0.39 is 0 Å². The molecule has 0 saturated carbocycles. The van der Waals surface area contributed by atoms with E-state index >= 15 is 0 Å². The Bertz CT molecular complexity index is 1270. The standard InChI is InChI=1S/C22H18ClN3O3S/c1-14-8-9-19(17(23)11-14)24-20(27)13-30-22-25-18-7-3-2-6-16(18)21(28)26(22)12-15-5-4-10-29-15/h2-11H,12-13H2,1H3,(H,24,27). The van der Waals surface area contributed by atoms with Gasteiger partial charge in [0.15, 0.2) is 5.16 Å². The Labute approximate surface area is 181 Å². The quantitative estimate of drug-likeness (QED) is 0.347. The summed E-state index contributed by atoms with van der Waals surface area (Å²) in [5, 5.41) is 4.24. The number of carbonyl (C=O) groups is 1. The van der Waals surface area contributed by atoms with Crippen molar-refractivity contribution in [3.63, 3.8) is 0 Å². The van der Waals surface area contributed by atoms with Gasteiger partial charge in [-0.3, -0.25) is 14.2 Å². The molecule has 0 fully saturated rings. The van der Waals surface area contributed by atoms with Crippen LogP contribution in [0.25, 0.3) is 10.9 Å². The number of rotatable bonds is 6. The predicted molar refractivity (Wildman–Crippen MR) is 119 cm³/mol. The van der Waals surface area contributed by atoms with Crippen molar-refractivity contribution in [3.05, 3.63) is 87.6 Å². The van der Waals surface area contributed by atoms with Crippen molar-refractivity contribution in [2.24, 2.45) is 0 Å². The molecule has 8 heteroatoms. The third kappa shape index (κ3) is 4.42. The molecule has 4 rings (SSSR count). The fraction of sp³-hybridized carbons (Fsp3) is 0.136. The highest BCUT2D eigenvalue weighted by Gasteiger charge is 2.15. The first-order chi connectivity index (χ1) is 14.5. The lowest BCUT2D eigenvalue weighted by atomic mass is 10.2. The van der Waals surface area contributed by atoms with Crippen LogP contribution in [0.4, 0.5) is 5.69 Å². The second kappa shape index (κ2) is 8.77. The number of para-hydroxylation sites is 1. The number of benzene rings is 2. The van der Waals surface area contributed by atoms with E-state index in [0.717, 1.165) is 5.56 Å². The Balaban J connectivity index is 1.59. The molecular weight excluding hydrogens is 422 g/mol. The van der Waals surface area contributed by atoms with Gasteiger partial charge >= 0.3 is 0 Å². The van der Waals surface area contributed by atoms with Gasteiger partial charge in [0.05, 0.1) is 40.2 Å². The first kappa shape index (κ1) is 20.3. The Hall–Kier alpha value is -3.03. The van der Waals surface area contributed by atoms with Gasteiger partial charge in [-0.2, -0.15) is 0 Å². The van der Waals surface area contributed by atoms with Crippen molar-refractivity contribution in [1.82, 2.24) is 9.55 Å². The van der Waals surface area contributed by atoms with Gasteiger partial charge < -0.3 is 9.73 Å². The molecule has 1 amide bonds. The SMILES string of the molecule is Cc1ccc(NC(=O)CSc2nc3ccccc3c(=O)n2Cc2ccco2)c(Cl)c1. The van der Waals surface area contributed by atoms with E-state index in [1.54, 1.807) is 48.7 Å². The lowest BCUT2D eigenvalue weighted by Crippen LogP contribution is -2.24. The third-order valence-electron chi connectivity index (χ3n) is 4.45. The molecule has 0 aliphatic carbocycles. The highest BCUT2D eigenvalue weighted by atomic mass is 35.5. The molecule has 0 aliphatic heterocycles. The van der Waals surface area contributed by atoms with Crippen LogP contribution in [-0.2, 0) is 11.3 Å². The number of furan rings is 1. The van der Waals surface area contributed by atoms with Crippen molar-refractivity contribution >= 4 is 45.9 Å². The van der Waals surface area contributed by atoms with Gasteiger partial charge in [-0.05, 0) is 48.9 Å². The highest BCUT2D eigenvalue weighted by molar-refractivity contribution is 7.99. The molecular formula is C22H18ClN3O3S. The summed E-state index contributed by atoms with van der Waals surface area (Å²) in [6.45, 7) is 2.16. The van der Waals surface area contributed by atoms with E-state index in [2.05, 4.69) is 10.3 Å². The summed E-state index contributed by atoms with van der Waals surface area (Å²) < 4.78 is 6.92. The third-order valence-corrected chi connectivity index (χ3v) is 5.74. The number of fused-ring (bicyclic) bond motifs is 1. The van der Waals surface area contributed by atoms with E-state index in [1.807, 2.05) is 19.1 Å². The second-order valence-corrected chi connectivity index (χ2v) is 8.05. The van der Waals surface area contributed by atoms with Crippen LogP contribution in [0.15, 0.2) is 75.2 Å². The minimum absolute atomic E-state index is 0.0765. The molecule has 0 radical (unpaired) electrons. The summed E-state index contributed by atoms with van der Waals surface area (Å²) in [5.41, 5.74) is 1.96. The first-order valence-electron chi connectivity index (χ1n) is 9.22. The fourth-order valence-corrected chi connectivity index (χ4v) is 4.07. The maximum Gasteiger partial charge on any atom is 0.262 e. The number of amides is 1. The van der Waals surface area contributed by atoms with Crippen LogP contribution < -0.4 is 10.9 Å². The number of thioether (sulfide) groups is 1. The zero-order chi connectivity index (χ0) is 21.1. The molecule has 0 bridgehead atoms. The van der Waals surface area contributed by atoms with Crippen molar-refractivity contribution in [2.75, 3.05) is 11.1 Å². The van der Waals surface area contributed by atoms with Gasteiger partial charge in [-0.25, -0.2) is 4.98 Å². The van der Waals surface area contributed by atoms with E-state index in [4.69, 9.17) is 16.0 Å². The number of hydrogen-bond donors (Lipinski definition) is 1. The topological polar surface area (TPSA) is 77.1 Å². The summed E-state index contributed by atoms with van der Waals surface area (Å²) in [5.74, 6) is 0.470. The van der Waals surface area contributed by atoms with Crippen LogP contribution in [0.2, 0.25) is 5.02 Å². The molecule has 1 N–H and O–H groups in total. The zero-order valence-electron chi connectivity index (χ0n) is 16.1. The predicted octanol–water partition coefficient (Wildman–Crippen LogP) is 4.73. The number of aryl methyl sites for hydroxylation is 1. The van der Waals surface area contributed by atoms with Gasteiger partial charge in [-0.1, -0.05) is 41.6 Å². The zero-order valence-corrected chi connectivity index (χ0v) is 17.7. The molecule has 152 valence electrons. The Morgan fingerprint density at radius 1 is 1.20 bits per heavy atom. The molecule has 0 spiro atoms. The number of carbonyl (C=O) groups excluding carboxylic acids is 1. The number of aromatic nitrogens is 2. The minimum Gasteiger partial charge on any atom is -0.467 e. The molecule has 2 aromatic carbocycles. The maximum absolute atomic E-state index is 13.0. The lowest BCUT2D eigenvalue weighted by molar-refractivity contribution is -0.113. The number of nitrogens with zero attached hydrogens (tertiary/aromatic N) is 2. The molecule has 0 atom stereocenters. The Morgan fingerprint density at radius 3 is 2.80 bits per heavy atom. The smallest absolute Gasteiger partial charge is 0.262 e. The van der Waals surface area contributed by atoms with E-state index in [-0.39, 0.29) is 23.8 Å². The van der Waals surface area contributed by atoms with E-state index in [9.17, 15) is 9.59 Å². The average molecular weight is 440 g/mol. The molecule has 0 aliphatic rings. The summed E-state index contributed by atoms with van der Waals surface area (Å²) >= 11 is 7.38. The van der Waals surface area contributed by atoms with Crippen LogP contribution in [-0.4, -0.2) is 21.2 Å². The maximum atomic E-state index is 13.0. The van der Waals surface area contributed by atoms with Crippen LogP contribution in [0, 0.1) is 6.92 Å². The molecule has 6 nitrogen and oxygen atoms in total. The number of anilines is 1. The minimum atomic E-state index is -0.238. The van der Waals surface area contributed by atoms with Gasteiger partial charge in [0.2, 0.25) is 5.91 Å². The normalized spacial score (nSPS) is 11.0. The van der Waals surface area contributed by atoms with Gasteiger partial charge in [0.1, 0.15) is 5.76 Å². The molecule has 4 aromatic rings. The van der Waals surface area contributed by atoms with Gasteiger partial charge in [-0.15, -0.1) is 0 Å². The summed E-state index contributed by atoms with van der Waals surface area (Å²) in [4.78, 5) is 30.1. The van der Waals surface area contributed by atoms with Crippen LogP contribution in [0.5, 0.6) is 0 Å². The molecule has 0 unspecified atom stereocenters. The summed E-state index contributed by atoms with van der Waals surface area (Å²) in [7, 11) is 0. The first-order valence-corrected chi connectivity index (χ1v) is 10.6. The summed E-state index contributed by atoms with van der Waals surface area (Å²) in [6.07, 6.45) is 1.56. The highest BCUT2D eigenvalue weighted by Crippen LogP contribution is 2.24. The van der Waals surface area contributed by atoms with Crippen LogP contribution >= 0.6 is 23.4 Å². The number of hydrogen-bond acceptors (Lipinski definition) is 5. The van der Waals surface area contributed by atoms with Crippen molar-refractivity contribution in [3.8, 4) is 0 Å².